The Labute approximate surface area is 100 Å². The van der Waals surface area contributed by atoms with Gasteiger partial charge in [0.2, 0.25) is 0 Å². The van der Waals surface area contributed by atoms with E-state index in [1.807, 2.05) is 13.8 Å². The van der Waals surface area contributed by atoms with E-state index in [9.17, 15) is 0 Å². The lowest BCUT2D eigenvalue weighted by molar-refractivity contribution is 0.213. The zero-order chi connectivity index (χ0) is 11.6. The summed E-state index contributed by atoms with van der Waals surface area (Å²) in [6.07, 6.45) is 2.30. The summed E-state index contributed by atoms with van der Waals surface area (Å²) < 4.78 is 11.3. The van der Waals surface area contributed by atoms with Gasteiger partial charge in [0, 0.05) is 13.2 Å². The molecule has 0 aliphatic carbocycles. The molecule has 16 heavy (non-hydrogen) atoms. The lowest BCUT2D eigenvalue weighted by atomic mass is 10.1. The normalized spacial score (nSPS) is 10.9. The molecule has 1 aromatic rings. The maximum absolute atomic E-state index is 5.64. The van der Waals surface area contributed by atoms with Crippen molar-refractivity contribution in [2.24, 2.45) is 0 Å². The molecule has 0 bridgehead atoms. The quantitative estimate of drug-likeness (QED) is 0.648. The molecule has 0 saturated heterocycles. The summed E-state index contributed by atoms with van der Waals surface area (Å²) in [6.45, 7) is 5.64. The van der Waals surface area contributed by atoms with Gasteiger partial charge in [-0.05, 0) is 38.3 Å². The van der Waals surface area contributed by atoms with Crippen LogP contribution in [0.2, 0.25) is 6.04 Å². The Morgan fingerprint density at radius 3 is 2.19 bits per heavy atom. The van der Waals surface area contributed by atoms with Crippen molar-refractivity contribution in [2.75, 3.05) is 13.2 Å². The van der Waals surface area contributed by atoms with Crippen molar-refractivity contribution < 1.29 is 8.85 Å². The zero-order valence-electron chi connectivity index (χ0n) is 10.3. The second-order valence-corrected chi connectivity index (χ2v) is 5.82. The molecule has 0 fully saturated rings. The number of benzene rings is 1. The minimum atomic E-state index is -1.37. The van der Waals surface area contributed by atoms with E-state index < -0.39 is 9.28 Å². The van der Waals surface area contributed by atoms with Crippen LogP contribution in [0.3, 0.4) is 0 Å². The first-order chi connectivity index (χ1) is 7.86. The van der Waals surface area contributed by atoms with Crippen molar-refractivity contribution in [3.05, 3.63) is 35.9 Å². The molecule has 0 saturated carbocycles. The Kier molecular flexibility index (Phi) is 7.13. The highest BCUT2D eigenvalue weighted by Gasteiger charge is 2.11. The van der Waals surface area contributed by atoms with E-state index in [0.29, 0.717) is 0 Å². The molecule has 3 heteroatoms. The SMILES string of the molecule is CCO[SiH](CCCc1ccccc1)OCC. The Morgan fingerprint density at radius 2 is 1.62 bits per heavy atom. The van der Waals surface area contributed by atoms with Crippen LogP contribution in [0.1, 0.15) is 25.8 Å². The summed E-state index contributed by atoms with van der Waals surface area (Å²) in [6, 6.07) is 11.7. The van der Waals surface area contributed by atoms with Gasteiger partial charge in [-0.25, -0.2) is 0 Å². The third-order valence-electron chi connectivity index (χ3n) is 2.45. The average molecular weight is 238 g/mol. The molecule has 0 heterocycles. The third-order valence-corrected chi connectivity index (χ3v) is 4.74. The molecular weight excluding hydrogens is 216 g/mol. The van der Waals surface area contributed by atoms with Gasteiger partial charge in [-0.1, -0.05) is 30.3 Å². The molecule has 0 unspecified atom stereocenters. The molecule has 0 N–H and O–H groups in total. The summed E-state index contributed by atoms with van der Waals surface area (Å²) in [7, 11) is -1.37. The van der Waals surface area contributed by atoms with Gasteiger partial charge in [-0.15, -0.1) is 0 Å². The first kappa shape index (κ1) is 13.4. The zero-order valence-corrected chi connectivity index (χ0v) is 11.5. The first-order valence-electron chi connectivity index (χ1n) is 6.14. The summed E-state index contributed by atoms with van der Waals surface area (Å²) in [4.78, 5) is 0. The predicted octanol–water partition coefficient (Wildman–Crippen LogP) is 2.91. The van der Waals surface area contributed by atoms with Crippen molar-refractivity contribution in [2.45, 2.75) is 32.7 Å². The summed E-state index contributed by atoms with van der Waals surface area (Å²) in [5.74, 6) is 0. The summed E-state index contributed by atoms with van der Waals surface area (Å²) >= 11 is 0. The predicted molar refractivity (Wildman–Crippen MR) is 70.0 cm³/mol. The van der Waals surface area contributed by atoms with Crippen molar-refractivity contribution >= 4 is 9.28 Å². The van der Waals surface area contributed by atoms with E-state index >= 15 is 0 Å². The van der Waals surface area contributed by atoms with E-state index in [1.54, 1.807) is 0 Å². The Hall–Kier alpha value is -0.643. The van der Waals surface area contributed by atoms with Gasteiger partial charge >= 0.3 is 9.28 Å². The lowest BCUT2D eigenvalue weighted by Gasteiger charge is -2.14. The van der Waals surface area contributed by atoms with Gasteiger partial charge in [0.15, 0.2) is 0 Å². The average Bonchev–Trinajstić information content (AvgIpc) is 2.31. The Morgan fingerprint density at radius 1 is 1.00 bits per heavy atom. The van der Waals surface area contributed by atoms with Gasteiger partial charge in [0.1, 0.15) is 0 Å². The molecule has 0 radical (unpaired) electrons. The van der Waals surface area contributed by atoms with Gasteiger partial charge in [0.25, 0.3) is 0 Å². The highest BCUT2D eigenvalue weighted by atomic mass is 28.3. The largest absolute Gasteiger partial charge is 0.397 e. The van der Waals surface area contributed by atoms with Gasteiger partial charge in [-0.3, -0.25) is 0 Å². The summed E-state index contributed by atoms with van der Waals surface area (Å²) in [5.41, 5.74) is 1.41. The molecule has 0 amide bonds. The molecule has 0 aliphatic rings. The maximum Gasteiger partial charge on any atom is 0.321 e. The molecule has 0 atom stereocenters. The van der Waals surface area contributed by atoms with Crippen LogP contribution in [0.25, 0.3) is 0 Å². The van der Waals surface area contributed by atoms with Gasteiger partial charge < -0.3 is 8.85 Å². The van der Waals surface area contributed by atoms with E-state index in [2.05, 4.69) is 30.3 Å². The molecular formula is C13H22O2Si. The number of hydrogen-bond donors (Lipinski definition) is 0. The van der Waals surface area contributed by atoms with Crippen LogP contribution in [0, 0.1) is 0 Å². The lowest BCUT2D eigenvalue weighted by Crippen LogP contribution is -2.22. The van der Waals surface area contributed by atoms with Crippen LogP contribution in [0.5, 0.6) is 0 Å². The topological polar surface area (TPSA) is 18.5 Å². The highest BCUT2D eigenvalue weighted by molar-refractivity contribution is 6.44. The van der Waals surface area contributed by atoms with E-state index in [-0.39, 0.29) is 0 Å². The van der Waals surface area contributed by atoms with Crippen LogP contribution in [-0.2, 0) is 15.3 Å². The van der Waals surface area contributed by atoms with E-state index in [1.165, 1.54) is 12.0 Å². The van der Waals surface area contributed by atoms with Crippen molar-refractivity contribution in [3.8, 4) is 0 Å². The molecule has 0 aliphatic heterocycles. The molecule has 0 spiro atoms. The second-order valence-electron chi connectivity index (χ2n) is 3.72. The Bertz CT molecular complexity index is 258. The molecule has 1 aromatic carbocycles. The highest BCUT2D eigenvalue weighted by Crippen LogP contribution is 2.08. The molecule has 0 aromatic heterocycles. The number of hydrogen-bond acceptors (Lipinski definition) is 2. The van der Waals surface area contributed by atoms with Crippen LogP contribution in [-0.4, -0.2) is 22.5 Å². The van der Waals surface area contributed by atoms with Crippen molar-refractivity contribution in [3.63, 3.8) is 0 Å². The molecule has 2 nitrogen and oxygen atoms in total. The van der Waals surface area contributed by atoms with Crippen LogP contribution in [0.15, 0.2) is 30.3 Å². The van der Waals surface area contributed by atoms with E-state index in [0.717, 1.165) is 25.7 Å². The first-order valence-corrected chi connectivity index (χ1v) is 7.89. The van der Waals surface area contributed by atoms with Crippen molar-refractivity contribution in [1.29, 1.82) is 0 Å². The fraction of sp³-hybridized carbons (Fsp3) is 0.538. The Balaban J connectivity index is 2.22. The van der Waals surface area contributed by atoms with Gasteiger partial charge in [0.05, 0.1) is 0 Å². The van der Waals surface area contributed by atoms with Crippen LogP contribution in [0.4, 0.5) is 0 Å². The fourth-order valence-electron chi connectivity index (χ4n) is 1.70. The van der Waals surface area contributed by atoms with Crippen LogP contribution < -0.4 is 0 Å². The monoisotopic (exact) mass is 238 g/mol. The third kappa shape index (κ3) is 5.44. The fourth-order valence-corrected chi connectivity index (χ4v) is 3.41. The number of aryl methyl sites for hydroxylation is 1. The maximum atomic E-state index is 5.64. The molecule has 90 valence electrons. The number of rotatable bonds is 8. The summed E-state index contributed by atoms with van der Waals surface area (Å²) in [5, 5.41) is 0. The van der Waals surface area contributed by atoms with Crippen molar-refractivity contribution in [1.82, 2.24) is 0 Å². The minimum absolute atomic E-state index is 0.780. The standard InChI is InChI=1S/C13H22O2Si/c1-3-14-16(15-4-2)12-8-11-13-9-6-5-7-10-13/h5-7,9-10,16H,3-4,8,11-12H2,1-2H3. The second kappa shape index (κ2) is 8.50. The van der Waals surface area contributed by atoms with Gasteiger partial charge in [-0.2, -0.15) is 0 Å². The molecule has 1 rings (SSSR count). The minimum Gasteiger partial charge on any atom is -0.397 e. The van der Waals surface area contributed by atoms with E-state index in [4.69, 9.17) is 8.85 Å². The van der Waals surface area contributed by atoms with Crippen LogP contribution >= 0.6 is 0 Å². The smallest absolute Gasteiger partial charge is 0.321 e.